The fraction of sp³-hybridized carbons (Fsp3) is 0.611. The lowest BCUT2D eigenvalue weighted by Crippen LogP contribution is -2.44. The van der Waals surface area contributed by atoms with E-state index in [1.165, 1.54) is 36.8 Å². The molecule has 0 amide bonds. The SMILES string of the molecule is C[C@]12CC[C@@H]3c4ccc(C#N)cc4CC[C@H]3[C@@H]1CCO2. The topological polar surface area (TPSA) is 33.0 Å². The van der Waals surface area contributed by atoms with Crippen molar-refractivity contribution in [2.24, 2.45) is 11.8 Å². The normalized spacial score (nSPS) is 38.5. The van der Waals surface area contributed by atoms with Crippen LogP contribution in [0.3, 0.4) is 0 Å². The number of rotatable bonds is 0. The van der Waals surface area contributed by atoms with Crippen molar-refractivity contribution in [3.63, 3.8) is 0 Å². The highest BCUT2D eigenvalue weighted by atomic mass is 16.5. The summed E-state index contributed by atoms with van der Waals surface area (Å²) >= 11 is 0. The second-order valence-corrected chi connectivity index (χ2v) is 6.93. The molecule has 1 saturated heterocycles. The second kappa shape index (κ2) is 4.33. The first-order valence-corrected chi connectivity index (χ1v) is 7.88. The lowest BCUT2D eigenvalue weighted by molar-refractivity contribution is -0.0566. The summed E-state index contributed by atoms with van der Waals surface area (Å²) < 4.78 is 6.07. The van der Waals surface area contributed by atoms with Crippen molar-refractivity contribution < 1.29 is 4.74 Å². The van der Waals surface area contributed by atoms with Gasteiger partial charge < -0.3 is 4.74 Å². The smallest absolute Gasteiger partial charge is 0.0991 e. The van der Waals surface area contributed by atoms with Crippen molar-refractivity contribution in [3.05, 3.63) is 34.9 Å². The zero-order chi connectivity index (χ0) is 13.7. The molecular formula is C18H21NO. The molecule has 0 N–H and O–H groups in total. The van der Waals surface area contributed by atoms with Gasteiger partial charge in [-0.15, -0.1) is 0 Å². The lowest BCUT2D eigenvalue weighted by atomic mass is 9.59. The summed E-state index contributed by atoms with van der Waals surface area (Å²) in [5, 5.41) is 9.06. The van der Waals surface area contributed by atoms with Crippen LogP contribution in [0.1, 0.15) is 55.2 Å². The summed E-state index contributed by atoms with van der Waals surface area (Å²) in [7, 11) is 0. The van der Waals surface area contributed by atoms with Crippen LogP contribution in [-0.2, 0) is 11.2 Å². The Morgan fingerprint density at radius 2 is 2.20 bits per heavy atom. The molecule has 20 heavy (non-hydrogen) atoms. The molecular weight excluding hydrogens is 246 g/mol. The Labute approximate surface area is 120 Å². The van der Waals surface area contributed by atoms with Gasteiger partial charge in [0, 0.05) is 6.61 Å². The minimum atomic E-state index is 0.144. The van der Waals surface area contributed by atoms with Crippen LogP contribution in [-0.4, -0.2) is 12.2 Å². The molecule has 0 radical (unpaired) electrons. The molecule has 1 aliphatic heterocycles. The Bertz CT molecular complexity index is 588. The van der Waals surface area contributed by atoms with Crippen LogP contribution in [0, 0.1) is 23.2 Å². The number of nitrogens with zero attached hydrogens (tertiary/aromatic N) is 1. The van der Waals surface area contributed by atoms with E-state index in [2.05, 4.69) is 25.1 Å². The first kappa shape index (κ1) is 12.4. The third-order valence-corrected chi connectivity index (χ3v) is 6.05. The number of hydrogen-bond donors (Lipinski definition) is 0. The largest absolute Gasteiger partial charge is 0.375 e. The van der Waals surface area contributed by atoms with Crippen molar-refractivity contribution in [2.75, 3.05) is 6.61 Å². The molecule has 2 nitrogen and oxygen atoms in total. The van der Waals surface area contributed by atoms with E-state index in [1.807, 2.05) is 6.07 Å². The molecule has 104 valence electrons. The van der Waals surface area contributed by atoms with Gasteiger partial charge in [0.05, 0.1) is 17.2 Å². The van der Waals surface area contributed by atoms with E-state index >= 15 is 0 Å². The fourth-order valence-electron chi connectivity index (χ4n) is 5.06. The Morgan fingerprint density at radius 1 is 1.30 bits per heavy atom. The van der Waals surface area contributed by atoms with Crippen LogP contribution in [0.15, 0.2) is 18.2 Å². The zero-order valence-corrected chi connectivity index (χ0v) is 12.1. The summed E-state index contributed by atoms with van der Waals surface area (Å²) in [4.78, 5) is 0. The van der Waals surface area contributed by atoms with Gasteiger partial charge in [0.1, 0.15) is 0 Å². The summed E-state index contributed by atoms with van der Waals surface area (Å²) in [5.41, 5.74) is 3.90. The highest BCUT2D eigenvalue weighted by Crippen LogP contribution is 2.55. The summed E-state index contributed by atoms with van der Waals surface area (Å²) in [5.74, 6) is 2.23. The van der Waals surface area contributed by atoms with Crippen molar-refractivity contribution in [1.82, 2.24) is 0 Å². The third-order valence-electron chi connectivity index (χ3n) is 6.05. The maximum absolute atomic E-state index is 9.06. The van der Waals surface area contributed by atoms with Crippen LogP contribution >= 0.6 is 0 Å². The molecule has 2 heteroatoms. The Hall–Kier alpha value is -1.33. The third kappa shape index (κ3) is 1.66. The molecule has 4 atom stereocenters. The van der Waals surface area contributed by atoms with Crippen LogP contribution in [0.4, 0.5) is 0 Å². The van der Waals surface area contributed by atoms with Crippen molar-refractivity contribution in [3.8, 4) is 6.07 Å². The van der Waals surface area contributed by atoms with Gasteiger partial charge in [-0.1, -0.05) is 6.07 Å². The summed E-state index contributed by atoms with van der Waals surface area (Å²) in [6.07, 6.45) is 6.09. The van der Waals surface area contributed by atoms with E-state index in [-0.39, 0.29) is 5.60 Å². The highest BCUT2D eigenvalue weighted by molar-refractivity contribution is 5.42. The molecule has 4 rings (SSSR count). The number of ether oxygens (including phenoxy) is 1. The van der Waals surface area contributed by atoms with Crippen molar-refractivity contribution in [2.45, 2.75) is 50.5 Å². The molecule has 0 unspecified atom stereocenters. The van der Waals surface area contributed by atoms with Crippen molar-refractivity contribution in [1.29, 1.82) is 5.26 Å². The Kier molecular flexibility index (Phi) is 2.69. The number of hydrogen-bond acceptors (Lipinski definition) is 2. The molecule has 0 aromatic heterocycles. The molecule has 0 bridgehead atoms. The average Bonchev–Trinajstić information content (AvgIpc) is 2.88. The van der Waals surface area contributed by atoms with E-state index in [1.54, 1.807) is 0 Å². The monoisotopic (exact) mass is 267 g/mol. The molecule has 2 aliphatic carbocycles. The molecule has 1 aromatic rings. The van der Waals surface area contributed by atoms with E-state index in [0.29, 0.717) is 5.92 Å². The van der Waals surface area contributed by atoms with Crippen LogP contribution in [0.2, 0.25) is 0 Å². The first-order valence-electron chi connectivity index (χ1n) is 7.88. The molecule has 3 aliphatic rings. The second-order valence-electron chi connectivity index (χ2n) is 6.93. The molecule has 2 fully saturated rings. The summed E-state index contributed by atoms with van der Waals surface area (Å²) in [6, 6.07) is 8.61. The average molecular weight is 267 g/mol. The van der Waals surface area contributed by atoms with Gasteiger partial charge in [-0.3, -0.25) is 0 Å². The standard InChI is InChI=1S/C18H21NO/c1-18-8-6-15-14-4-2-12(11-19)10-13(14)3-5-16(15)17(18)7-9-20-18/h2,4,10,15-17H,3,5-9H2,1H3/t15-,16-,17+,18+/m1/s1. The van der Waals surface area contributed by atoms with E-state index in [4.69, 9.17) is 10.00 Å². The Balaban J connectivity index is 1.71. The van der Waals surface area contributed by atoms with Crippen LogP contribution < -0.4 is 0 Å². The number of aryl methyl sites for hydroxylation is 1. The minimum absolute atomic E-state index is 0.144. The van der Waals surface area contributed by atoms with Gasteiger partial charge in [-0.2, -0.15) is 5.26 Å². The van der Waals surface area contributed by atoms with Gasteiger partial charge in [-0.05, 0) is 80.0 Å². The van der Waals surface area contributed by atoms with Gasteiger partial charge in [0.2, 0.25) is 0 Å². The molecule has 1 heterocycles. The maximum Gasteiger partial charge on any atom is 0.0991 e. The fourth-order valence-corrected chi connectivity index (χ4v) is 5.06. The van der Waals surface area contributed by atoms with Crippen molar-refractivity contribution >= 4 is 0 Å². The maximum atomic E-state index is 9.06. The van der Waals surface area contributed by atoms with E-state index in [0.717, 1.165) is 30.4 Å². The number of fused-ring (bicyclic) bond motifs is 5. The number of benzene rings is 1. The van der Waals surface area contributed by atoms with E-state index < -0.39 is 0 Å². The van der Waals surface area contributed by atoms with Gasteiger partial charge >= 0.3 is 0 Å². The van der Waals surface area contributed by atoms with E-state index in [9.17, 15) is 0 Å². The summed E-state index contributed by atoms with van der Waals surface area (Å²) in [6.45, 7) is 3.28. The molecule has 1 aromatic carbocycles. The van der Waals surface area contributed by atoms with Gasteiger partial charge in [-0.25, -0.2) is 0 Å². The van der Waals surface area contributed by atoms with Gasteiger partial charge in [0.25, 0.3) is 0 Å². The lowest BCUT2D eigenvalue weighted by Gasteiger charge is -2.48. The Morgan fingerprint density at radius 3 is 3.05 bits per heavy atom. The predicted octanol–water partition coefficient (Wildman–Crippen LogP) is 3.79. The predicted molar refractivity (Wildman–Crippen MR) is 77.4 cm³/mol. The quantitative estimate of drug-likeness (QED) is 0.716. The highest BCUT2D eigenvalue weighted by Gasteiger charge is 2.51. The minimum Gasteiger partial charge on any atom is -0.375 e. The van der Waals surface area contributed by atoms with Crippen LogP contribution in [0.25, 0.3) is 0 Å². The number of nitriles is 1. The zero-order valence-electron chi connectivity index (χ0n) is 12.1. The first-order chi connectivity index (χ1) is 9.71. The van der Waals surface area contributed by atoms with Crippen LogP contribution in [0.5, 0.6) is 0 Å². The van der Waals surface area contributed by atoms with Gasteiger partial charge in [0.15, 0.2) is 0 Å². The molecule has 0 spiro atoms. The molecule has 1 saturated carbocycles.